The number of hydrogen-bond donors (Lipinski definition) is 2. The normalized spacial score (nSPS) is 21.2. The Morgan fingerprint density at radius 1 is 1.08 bits per heavy atom. The van der Waals surface area contributed by atoms with E-state index in [2.05, 4.69) is 0 Å². The van der Waals surface area contributed by atoms with Crippen LogP contribution in [0.2, 0.25) is 0 Å². The Labute approximate surface area is 141 Å². The molecule has 1 amide bonds. The molecule has 3 rings (SSSR count). The van der Waals surface area contributed by atoms with E-state index in [0.717, 1.165) is 22.3 Å². The molecule has 1 spiro atoms. The molecule has 0 bridgehead atoms. The first-order valence-corrected chi connectivity index (χ1v) is 8.16. The number of carbonyl (C=O) groups excluding carboxylic acids is 1. The number of rotatable bonds is 2. The molecule has 1 aromatic carbocycles. The Bertz CT molecular complexity index is 718. The van der Waals surface area contributed by atoms with E-state index in [1.54, 1.807) is 0 Å². The average Bonchev–Trinajstić information content (AvgIpc) is 2.74. The minimum absolute atomic E-state index is 0.0498. The third-order valence-electron chi connectivity index (χ3n) is 5.32. The molecule has 2 N–H and O–H groups in total. The molecule has 0 unspecified atom stereocenters. The van der Waals surface area contributed by atoms with Crippen molar-refractivity contribution in [1.82, 2.24) is 10.1 Å². The van der Waals surface area contributed by atoms with Crippen LogP contribution in [0.3, 0.4) is 0 Å². The number of amides is 1. The fourth-order valence-corrected chi connectivity index (χ4v) is 3.76. The summed E-state index contributed by atoms with van der Waals surface area (Å²) in [6, 6.07) is 3.97. The number of aryl methyl sites for hydroxylation is 3. The molecule has 0 aromatic heterocycles. The van der Waals surface area contributed by atoms with Crippen molar-refractivity contribution in [2.24, 2.45) is 0 Å². The third-order valence-corrected chi connectivity index (χ3v) is 5.32. The van der Waals surface area contributed by atoms with Gasteiger partial charge in [-0.3, -0.25) is 9.63 Å². The highest BCUT2D eigenvalue weighted by Crippen LogP contribution is 2.45. The fourth-order valence-electron chi connectivity index (χ4n) is 3.76. The van der Waals surface area contributed by atoms with Crippen molar-refractivity contribution in [3.63, 3.8) is 0 Å². The average molecular weight is 332 g/mol. The molecule has 0 aliphatic carbocycles. The summed E-state index contributed by atoms with van der Waals surface area (Å²) >= 11 is 0. The van der Waals surface area contributed by atoms with Gasteiger partial charge in [-0.2, -0.15) is 5.06 Å². The maximum absolute atomic E-state index is 13.0. The minimum atomic E-state index is -0.897. The lowest BCUT2D eigenvalue weighted by Crippen LogP contribution is -2.54. The zero-order valence-corrected chi connectivity index (χ0v) is 14.6. The number of carbonyl (C=O) groups is 1. The lowest BCUT2D eigenvalue weighted by molar-refractivity contribution is -0.215. The molecule has 0 atom stereocenters. The number of nitrogens with zero attached hydrogens (tertiary/aromatic N) is 2. The van der Waals surface area contributed by atoms with Crippen molar-refractivity contribution in [2.45, 2.75) is 39.2 Å². The van der Waals surface area contributed by atoms with Crippen LogP contribution in [0.4, 0.5) is 0 Å². The van der Waals surface area contributed by atoms with Gasteiger partial charge in [-0.05, 0) is 55.9 Å². The number of hydroxylamine groups is 4. The summed E-state index contributed by atoms with van der Waals surface area (Å²) in [5.41, 5.74) is 3.31. The topological polar surface area (TPSA) is 73.2 Å². The first kappa shape index (κ1) is 17.0. The zero-order valence-electron chi connectivity index (χ0n) is 14.6. The summed E-state index contributed by atoms with van der Waals surface area (Å²) in [5, 5.41) is 23.1. The molecule has 1 fully saturated rings. The van der Waals surface area contributed by atoms with Gasteiger partial charge in [0.25, 0.3) is 5.91 Å². The first-order chi connectivity index (χ1) is 11.3. The fraction of sp³-hybridized carbons (Fsp3) is 0.500. The van der Waals surface area contributed by atoms with Gasteiger partial charge in [-0.25, -0.2) is 5.06 Å². The summed E-state index contributed by atoms with van der Waals surface area (Å²) in [6.07, 6.45) is 0.838. The van der Waals surface area contributed by atoms with Gasteiger partial charge in [0.05, 0.1) is 12.7 Å². The van der Waals surface area contributed by atoms with Crippen LogP contribution in [0.5, 0.6) is 0 Å². The second-order valence-corrected chi connectivity index (χ2v) is 6.74. The summed E-state index contributed by atoms with van der Waals surface area (Å²) < 4.78 is 0. The van der Waals surface area contributed by atoms with E-state index in [0.29, 0.717) is 31.5 Å². The van der Waals surface area contributed by atoms with Crippen molar-refractivity contribution in [3.05, 3.63) is 40.1 Å². The second-order valence-electron chi connectivity index (χ2n) is 6.74. The standard InChI is InChI=1S/C18H24N2O4/c1-11-9-13(3)14(10-12(11)2)15-16(21)18(20(24-4)17(15)22)5-7-19(23)8-6-18/h9-10,21,23H,5-8H2,1-4H3. The third kappa shape index (κ3) is 2.33. The Morgan fingerprint density at radius 2 is 1.67 bits per heavy atom. The van der Waals surface area contributed by atoms with Crippen molar-refractivity contribution in [2.75, 3.05) is 20.2 Å². The van der Waals surface area contributed by atoms with Crippen LogP contribution in [0.25, 0.3) is 5.57 Å². The molecule has 1 aromatic rings. The van der Waals surface area contributed by atoms with Crippen molar-refractivity contribution in [3.8, 4) is 0 Å². The smallest absolute Gasteiger partial charge is 0.282 e. The summed E-state index contributed by atoms with van der Waals surface area (Å²) in [7, 11) is 1.44. The summed E-state index contributed by atoms with van der Waals surface area (Å²) in [6.45, 7) is 6.70. The summed E-state index contributed by atoms with van der Waals surface area (Å²) in [4.78, 5) is 18.3. The van der Waals surface area contributed by atoms with E-state index in [4.69, 9.17) is 4.84 Å². The van der Waals surface area contributed by atoms with E-state index in [1.165, 1.54) is 17.2 Å². The van der Waals surface area contributed by atoms with E-state index in [1.807, 2.05) is 32.9 Å². The van der Waals surface area contributed by atoms with Crippen LogP contribution in [0.1, 0.15) is 35.1 Å². The highest BCUT2D eigenvalue weighted by molar-refractivity contribution is 6.23. The van der Waals surface area contributed by atoms with Gasteiger partial charge in [-0.15, -0.1) is 0 Å². The Kier molecular flexibility index (Phi) is 4.15. The van der Waals surface area contributed by atoms with Gasteiger partial charge < -0.3 is 10.3 Å². The number of aliphatic hydroxyl groups excluding tert-OH is 1. The van der Waals surface area contributed by atoms with E-state index in [-0.39, 0.29) is 11.7 Å². The summed E-state index contributed by atoms with van der Waals surface area (Å²) in [5.74, 6) is -0.276. The number of hydrogen-bond acceptors (Lipinski definition) is 5. The predicted octanol–water partition coefficient (Wildman–Crippen LogP) is 2.51. The van der Waals surface area contributed by atoms with Gasteiger partial charge in [0, 0.05) is 13.1 Å². The lowest BCUT2D eigenvalue weighted by Gasteiger charge is -2.41. The van der Waals surface area contributed by atoms with Crippen LogP contribution < -0.4 is 0 Å². The molecule has 24 heavy (non-hydrogen) atoms. The predicted molar refractivity (Wildman–Crippen MR) is 89.4 cm³/mol. The van der Waals surface area contributed by atoms with Gasteiger partial charge in [0.1, 0.15) is 11.3 Å². The van der Waals surface area contributed by atoms with Crippen molar-refractivity contribution < 1.29 is 19.9 Å². The molecule has 2 aliphatic rings. The first-order valence-electron chi connectivity index (χ1n) is 8.16. The van der Waals surface area contributed by atoms with Crippen LogP contribution in [-0.2, 0) is 9.63 Å². The Morgan fingerprint density at radius 3 is 2.25 bits per heavy atom. The molecule has 130 valence electrons. The number of benzene rings is 1. The molecular formula is C18H24N2O4. The molecule has 0 saturated carbocycles. The monoisotopic (exact) mass is 332 g/mol. The quantitative estimate of drug-likeness (QED) is 0.870. The largest absolute Gasteiger partial charge is 0.509 e. The molecule has 2 heterocycles. The van der Waals surface area contributed by atoms with Gasteiger partial charge in [0.2, 0.25) is 0 Å². The maximum atomic E-state index is 13.0. The van der Waals surface area contributed by atoms with E-state index < -0.39 is 5.54 Å². The SMILES string of the molecule is CON1C(=O)C(c2cc(C)c(C)cc2C)=C(O)C12CCN(O)CC2. The highest BCUT2D eigenvalue weighted by Gasteiger charge is 2.54. The molecular weight excluding hydrogens is 308 g/mol. The Hall–Kier alpha value is -1.89. The zero-order chi connectivity index (χ0) is 17.6. The van der Waals surface area contributed by atoms with Crippen LogP contribution in [0, 0.1) is 20.8 Å². The van der Waals surface area contributed by atoms with Crippen LogP contribution in [0.15, 0.2) is 17.9 Å². The van der Waals surface area contributed by atoms with Gasteiger partial charge in [-0.1, -0.05) is 12.1 Å². The molecule has 2 aliphatic heterocycles. The van der Waals surface area contributed by atoms with Crippen LogP contribution in [-0.4, -0.2) is 52.1 Å². The lowest BCUT2D eigenvalue weighted by atomic mass is 9.85. The van der Waals surface area contributed by atoms with Crippen molar-refractivity contribution in [1.29, 1.82) is 0 Å². The van der Waals surface area contributed by atoms with E-state index in [9.17, 15) is 15.1 Å². The Balaban J connectivity index is 2.15. The minimum Gasteiger partial charge on any atom is -0.509 e. The second kappa shape index (κ2) is 5.88. The number of aliphatic hydroxyl groups is 1. The van der Waals surface area contributed by atoms with Crippen LogP contribution >= 0.6 is 0 Å². The molecule has 0 radical (unpaired) electrons. The van der Waals surface area contributed by atoms with Gasteiger partial charge in [0.15, 0.2) is 0 Å². The highest BCUT2D eigenvalue weighted by atomic mass is 16.7. The van der Waals surface area contributed by atoms with Gasteiger partial charge >= 0.3 is 0 Å². The maximum Gasteiger partial charge on any atom is 0.282 e. The van der Waals surface area contributed by atoms with Crippen molar-refractivity contribution >= 4 is 11.5 Å². The molecule has 1 saturated heterocycles. The molecule has 6 heteroatoms. The van der Waals surface area contributed by atoms with E-state index >= 15 is 0 Å². The molecule has 6 nitrogen and oxygen atoms in total. The number of piperidine rings is 1.